The quantitative estimate of drug-likeness (QED) is 0.529. The van der Waals surface area contributed by atoms with E-state index in [1.165, 1.54) is 18.7 Å². The van der Waals surface area contributed by atoms with E-state index in [0.29, 0.717) is 26.3 Å². The van der Waals surface area contributed by atoms with Crippen LogP contribution in [-0.2, 0) is 4.79 Å². The largest absolute Gasteiger partial charge is 0.457 e. The molecule has 0 spiro atoms. The number of hydrogen-bond acceptors (Lipinski definition) is 5. The number of carbonyl (C=O) groups is 2. The summed E-state index contributed by atoms with van der Waals surface area (Å²) in [7, 11) is 0. The van der Waals surface area contributed by atoms with Gasteiger partial charge in [0.15, 0.2) is 5.78 Å². The Labute approximate surface area is 136 Å². The van der Waals surface area contributed by atoms with E-state index in [-0.39, 0.29) is 11.7 Å². The molecule has 3 rings (SSSR count). The van der Waals surface area contributed by atoms with Crippen LogP contribution >= 0.6 is 24.0 Å². The van der Waals surface area contributed by atoms with Gasteiger partial charge in [-0.1, -0.05) is 48.2 Å². The maximum absolute atomic E-state index is 11.6. The van der Waals surface area contributed by atoms with Crippen LogP contribution in [0.5, 0.6) is 0 Å². The van der Waals surface area contributed by atoms with Crippen LogP contribution in [0.15, 0.2) is 45.7 Å². The summed E-state index contributed by atoms with van der Waals surface area (Å²) in [5.74, 6) is 1.07. The summed E-state index contributed by atoms with van der Waals surface area (Å²) in [6.45, 7) is 1.53. The van der Waals surface area contributed by atoms with E-state index in [4.69, 9.17) is 16.6 Å². The number of amides is 1. The highest BCUT2D eigenvalue weighted by atomic mass is 32.2. The minimum Gasteiger partial charge on any atom is -0.457 e. The van der Waals surface area contributed by atoms with Crippen LogP contribution < -0.4 is 5.32 Å². The number of Topliss-reactive ketones (excluding diaryl/α,β-unsaturated/α-hetero) is 1. The molecule has 2 heterocycles. The summed E-state index contributed by atoms with van der Waals surface area (Å²) in [5.41, 5.74) is 1.53. The van der Waals surface area contributed by atoms with Crippen LogP contribution in [0.3, 0.4) is 0 Å². The number of carbonyl (C=O) groups excluding carboxylic acids is 2. The Morgan fingerprint density at radius 3 is 2.55 bits per heavy atom. The Hall–Kier alpha value is -2.18. The summed E-state index contributed by atoms with van der Waals surface area (Å²) < 4.78 is 6.16. The first-order valence-corrected chi connectivity index (χ1v) is 7.71. The van der Waals surface area contributed by atoms with Crippen LogP contribution in [0, 0.1) is 0 Å². The smallest absolute Gasteiger partial charge is 0.263 e. The number of furan rings is 1. The van der Waals surface area contributed by atoms with Crippen molar-refractivity contribution in [3.05, 3.63) is 52.6 Å². The Morgan fingerprint density at radius 1 is 1.23 bits per heavy atom. The molecule has 4 nitrogen and oxygen atoms in total. The van der Waals surface area contributed by atoms with Gasteiger partial charge in [-0.2, -0.15) is 0 Å². The van der Waals surface area contributed by atoms with Gasteiger partial charge in [0.25, 0.3) is 5.91 Å². The summed E-state index contributed by atoms with van der Waals surface area (Å²) in [5, 5.41) is 2.56. The van der Waals surface area contributed by atoms with Gasteiger partial charge >= 0.3 is 0 Å². The highest BCUT2D eigenvalue weighted by Gasteiger charge is 2.22. The van der Waals surface area contributed by atoms with Crippen molar-refractivity contribution in [3.63, 3.8) is 0 Å². The van der Waals surface area contributed by atoms with Crippen LogP contribution in [0.4, 0.5) is 0 Å². The fourth-order valence-electron chi connectivity index (χ4n) is 2.01. The molecular weight excluding hydrogens is 318 g/mol. The molecule has 1 saturated heterocycles. The van der Waals surface area contributed by atoms with Crippen molar-refractivity contribution < 1.29 is 14.0 Å². The third-order valence-electron chi connectivity index (χ3n) is 3.12. The highest BCUT2D eigenvalue weighted by molar-refractivity contribution is 8.26. The third-order valence-corrected chi connectivity index (χ3v) is 4.28. The SMILES string of the molecule is CC(=O)c1ccc(-c2ccc(C=C3SC(=S)NC3=O)o2)cc1. The van der Waals surface area contributed by atoms with Crippen molar-refractivity contribution in [1.82, 2.24) is 5.32 Å². The van der Waals surface area contributed by atoms with Crippen molar-refractivity contribution in [2.45, 2.75) is 6.92 Å². The molecule has 1 aliphatic rings. The summed E-state index contributed by atoms with van der Waals surface area (Å²) in [6.07, 6.45) is 1.66. The molecule has 1 amide bonds. The molecule has 2 aromatic rings. The molecule has 1 fully saturated rings. The van der Waals surface area contributed by atoms with Gasteiger partial charge < -0.3 is 9.73 Å². The molecule has 1 N–H and O–H groups in total. The Bertz CT molecular complexity index is 803. The van der Waals surface area contributed by atoms with Gasteiger partial charge in [-0.3, -0.25) is 9.59 Å². The van der Waals surface area contributed by atoms with E-state index in [9.17, 15) is 9.59 Å². The van der Waals surface area contributed by atoms with Gasteiger partial charge in [0.1, 0.15) is 15.8 Å². The first-order valence-electron chi connectivity index (χ1n) is 6.49. The average Bonchev–Trinajstić information content (AvgIpc) is 3.06. The summed E-state index contributed by atoms with van der Waals surface area (Å²) in [4.78, 5) is 23.4. The fourth-order valence-corrected chi connectivity index (χ4v) is 3.03. The van der Waals surface area contributed by atoms with Crippen LogP contribution in [0.2, 0.25) is 0 Å². The lowest BCUT2D eigenvalue weighted by Gasteiger charge is -1.99. The van der Waals surface area contributed by atoms with Crippen molar-refractivity contribution in [3.8, 4) is 11.3 Å². The molecule has 1 aromatic carbocycles. The number of benzene rings is 1. The normalized spacial score (nSPS) is 16.1. The number of hydrogen-bond donors (Lipinski definition) is 1. The second-order valence-electron chi connectivity index (χ2n) is 4.69. The molecule has 1 aliphatic heterocycles. The van der Waals surface area contributed by atoms with Gasteiger partial charge in [0.2, 0.25) is 0 Å². The number of rotatable bonds is 3. The first kappa shape index (κ1) is 14.7. The minimum absolute atomic E-state index is 0.0247. The second kappa shape index (κ2) is 5.90. The van der Waals surface area contributed by atoms with Gasteiger partial charge in [0, 0.05) is 17.2 Å². The van der Waals surface area contributed by atoms with Gasteiger partial charge in [-0.15, -0.1) is 0 Å². The van der Waals surface area contributed by atoms with Crippen molar-refractivity contribution in [2.75, 3.05) is 0 Å². The lowest BCUT2D eigenvalue weighted by Crippen LogP contribution is -2.17. The average molecular weight is 329 g/mol. The molecule has 0 atom stereocenters. The van der Waals surface area contributed by atoms with Crippen LogP contribution in [0.1, 0.15) is 23.0 Å². The van der Waals surface area contributed by atoms with Crippen molar-refractivity contribution >= 4 is 46.1 Å². The Balaban J connectivity index is 1.85. The van der Waals surface area contributed by atoms with E-state index in [1.54, 1.807) is 24.3 Å². The number of thioether (sulfide) groups is 1. The van der Waals surface area contributed by atoms with Gasteiger partial charge in [-0.05, 0) is 19.1 Å². The minimum atomic E-state index is -0.209. The lowest BCUT2D eigenvalue weighted by atomic mass is 10.1. The predicted molar refractivity (Wildman–Crippen MR) is 90.5 cm³/mol. The number of nitrogens with one attached hydrogen (secondary N) is 1. The lowest BCUT2D eigenvalue weighted by molar-refractivity contribution is -0.115. The molecule has 0 bridgehead atoms. The number of ketones is 1. The highest BCUT2D eigenvalue weighted by Crippen LogP contribution is 2.28. The molecule has 0 unspecified atom stereocenters. The predicted octanol–water partition coefficient (Wildman–Crippen LogP) is 3.64. The topological polar surface area (TPSA) is 59.3 Å². The maximum Gasteiger partial charge on any atom is 0.263 e. The van der Waals surface area contributed by atoms with Crippen LogP contribution in [0.25, 0.3) is 17.4 Å². The Kier molecular flexibility index (Phi) is 3.96. The van der Waals surface area contributed by atoms with E-state index >= 15 is 0 Å². The first-order chi connectivity index (χ1) is 10.5. The Morgan fingerprint density at radius 2 is 1.95 bits per heavy atom. The van der Waals surface area contributed by atoms with E-state index < -0.39 is 0 Å². The summed E-state index contributed by atoms with van der Waals surface area (Å²) >= 11 is 6.15. The van der Waals surface area contributed by atoms with E-state index in [1.807, 2.05) is 18.2 Å². The van der Waals surface area contributed by atoms with Gasteiger partial charge in [-0.25, -0.2) is 0 Å². The van der Waals surface area contributed by atoms with Crippen molar-refractivity contribution in [2.24, 2.45) is 0 Å². The zero-order chi connectivity index (χ0) is 15.7. The van der Waals surface area contributed by atoms with E-state index in [0.717, 1.165) is 5.56 Å². The molecule has 110 valence electrons. The van der Waals surface area contributed by atoms with Crippen molar-refractivity contribution in [1.29, 1.82) is 0 Å². The molecule has 0 aliphatic carbocycles. The zero-order valence-corrected chi connectivity index (χ0v) is 13.2. The van der Waals surface area contributed by atoms with E-state index in [2.05, 4.69) is 5.32 Å². The molecule has 0 radical (unpaired) electrons. The van der Waals surface area contributed by atoms with Gasteiger partial charge in [0.05, 0.1) is 4.91 Å². The van der Waals surface area contributed by atoms with Crippen LogP contribution in [-0.4, -0.2) is 16.0 Å². The number of thiocarbonyl (C=S) groups is 1. The summed E-state index contributed by atoms with van der Waals surface area (Å²) in [6, 6.07) is 10.8. The molecule has 1 aromatic heterocycles. The third kappa shape index (κ3) is 3.03. The fraction of sp³-hybridized carbons (Fsp3) is 0.0625. The second-order valence-corrected chi connectivity index (χ2v) is 6.41. The molecule has 0 saturated carbocycles. The zero-order valence-electron chi connectivity index (χ0n) is 11.6. The standard InChI is InChI=1S/C16H11NO3S2/c1-9(18)10-2-4-11(5-3-10)13-7-6-12(20-13)8-14-15(19)17-16(21)22-14/h2-8H,1H3,(H,17,19,21). The molecule has 6 heteroatoms. The monoisotopic (exact) mass is 329 g/mol. The molecular formula is C16H11NO3S2. The molecule has 22 heavy (non-hydrogen) atoms. The maximum atomic E-state index is 11.6.